The van der Waals surface area contributed by atoms with Crippen molar-refractivity contribution < 1.29 is 13.2 Å². The van der Waals surface area contributed by atoms with Gasteiger partial charge in [0.2, 0.25) is 10.0 Å². The minimum Gasteiger partial charge on any atom is -0.381 e. The van der Waals surface area contributed by atoms with Gasteiger partial charge in [-0.2, -0.15) is 0 Å². The quantitative estimate of drug-likeness (QED) is 0.909. The van der Waals surface area contributed by atoms with Crippen molar-refractivity contribution in [1.29, 1.82) is 0 Å². The van der Waals surface area contributed by atoms with Crippen LogP contribution in [0.5, 0.6) is 0 Å². The first kappa shape index (κ1) is 14.8. The Morgan fingerprint density at radius 1 is 1.38 bits per heavy atom. The maximum Gasteiger partial charge on any atom is 0.235 e. The van der Waals surface area contributed by atoms with Crippen molar-refractivity contribution in [2.45, 2.75) is 25.8 Å². The van der Waals surface area contributed by atoms with Crippen LogP contribution in [0.3, 0.4) is 0 Å². The van der Waals surface area contributed by atoms with Crippen LogP contribution >= 0.6 is 0 Å². The Morgan fingerprint density at radius 2 is 2.24 bits per heavy atom. The molecule has 1 aromatic carbocycles. The van der Waals surface area contributed by atoms with Crippen molar-refractivity contribution in [1.82, 2.24) is 0 Å². The third-order valence-corrected chi connectivity index (χ3v) is 6.21. The van der Waals surface area contributed by atoms with Gasteiger partial charge in [0.05, 0.1) is 18.0 Å². The van der Waals surface area contributed by atoms with Crippen molar-refractivity contribution in [3.8, 4) is 0 Å². The number of sulfonamides is 1. The lowest BCUT2D eigenvalue weighted by molar-refractivity contribution is 0.188. The van der Waals surface area contributed by atoms with Gasteiger partial charge < -0.3 is 10.5 Å². The minimum absolute atomic E-state index is 0.128. The Hall–Kier alpha value is -1.11. The molecule has 0 spiro atoms. The third-order valence-electron chi connectivity index (χ3n) is 4.26. The summed E-state index contributed by atoms with van der Waals surface area (Å²) in [4.78, 5) is 0. The summed E-state index contributed by atoms with van der Waals surface area (Å²) in [6.45, 7) is 2.30. The maximum atomic E-state index is 12.7. The molecule has 2 aliphatic heterocycles. The SMILES string of the molecule is NCc1ccc2c(c1)CCCN2S(=O)(=O)CC1CCOC1. The summed E-state index contributed by atoms with van der Waals surface area (Å²) in [7, 11) is -3.28. The van der Waals surface area contributed by atoms with Gasteiger partial charge in [-0.1, -0.05) is 12.1 Å². The highest BCUT2D eigenvalue weighted by Crippen LogP contribution is 2.31. The average molecular weight is 310 g/mol. The predicted molar refractivity (Wildman–Crippen MR) is 82.7 cm³/mol. The lowest BCUT2D eigenvalue weighted by atomic mass is 10.0. The van der Waals surface area contributed by atoms with E-state index < -0.39 is 10.0 Å². The topological polar surface area (TPSA) is 72.6 Å². The van der Waals surface area contributed by atoms with Crippen molar-refractivity contribution >= 4 is 15.7 Å². The molecule has 1 unspecified atom stereocenters. The van der Waals surface area contributed by atoms with Gasteiger partial charge >= 0.3 is 0 Å². The van der Waals surface area contributed by atoms with E-state index in [1.165, 1.54) is 0 Å². The fraction of sp³-hybridized carbons (Fsp3) is 0.600. The summed E-state index contributed by atoms with van der Waals surface area (Å²) in [6.07, 6.45) is 2.62. The Bertz CT molecular complexity index is 609. The zero-order valence-corrected chi connectivity index (χ0v) is 12.9. The highest BCUT2D eigenvalue weighted by Gasteiger charge is 2.31. The van der Waals surface area contributed by atoms with Crippen LogP contribution < -0.4 is 10.0 Å². The van der Waals surface area contributed by atoms with Crippen LogP contribution in [0.2, 0.25) is 0 Å². The van der Waals surface area contributed by atoms with Crippen molar-refractivity contribution in [2.75, 3.05) is 29.8 Å². The molecule has 0 aromatic heterocycles. The van der Waals surface area contributed by atoms with Crippen molar-refractivity contribution in [2.24, 2.45) is 11.7 Å². The molecule has 0 amide bonds. The number of ether oxygens (including phenoxy) is 1. The second kappa shape index (κ2) is 5.94. The number of hydrogen-bond donors (Lipinski definition) is 1. The molecule has 2 heterocycles. The van der Waals surface area contributed by atoms with Gasteiger partial charge in [-0.3, -0.25) is 4.31 Å². The van der Waals surface area contributed by atoms with Crippen LogP contribution in [0.15, 0.2) is 18.2 Å². The zero-order chi connectivity index (χ0) is 14.9. The molecule has 3 rings (SSSR count). The summed E-state index contributed by atoms with van der Waals surface area (Å²) in [6, 6.07) is 5.86. The number of nitrogens with zero attached hydrogens (tertiary/aromatic N) is 1. The summed E-state index contributed by atoms with van der Waals surface area (Å²) < 4.78 is 32.3. The number of benzene rings is 1. The van der Waals surface area contributed by atoms with E-state index in [0.29, 0.717) is 26.3 Å². The molecule has 0 bridgehead atoms. The molecule has 5 nitrogen and oxygen atoms in total. The molecule has 1 saturated heterocycles. The van der Waals surface area contributed by atoms with Crippen molar-refractivity contribution in [3.05, 3.63) is 29.3 Å². The van der Waals surface area contributed by atoms with E-state index in [1.54, 1.807) is 4.31 Å². The average Bonchev–Trinajstić information content (AvgIpc) is 2.98. The van der Waals surface area contributed by atoms with Gasteiger partial charge in [0.25, 0.3) is 0 Å². The fourth-order valence-electron chi connectivity index (χ4n) is 3.13. The molecule has 21 heavy (non-hydrogen) atoms. The van der Waals surface area contributed by atoms with Gasteiger partial charge in [-0.15, -0.1) is 0 Å². The Kier molecular flexibility index (Phi) is 4.19. The molecule has 116 valence electrons. The van der Waals surface area contributed by atoms with Crippen LogP contribution in [0.1, 0.15) is 24.0 Å². The molecule has 2 aliphatic rings. The zero-order valence-electron chi connectivity index (χ0n) is 12.1. The van der Waals surface area contributed by atoms with E-state index in [4.69, 9.17) is 10.5 Å². The van der Waals surface area contributed by atoms with E-state index in [2.05, 4.69) is 0 Å². The molecule has 0 saturated carbocycles. The number of rotatable bonds is 4. The van der Waals surface area contributed by atoms with Gasteiger partial charge in [0.1, 0.15) is 0 Å². The highest BCUT2D eigenvalue weighted by molar-refractivity contribution is 7.92. The highest BCUT2D eigenvalue weighted by atomic mass is 32.2. The molecule has 0 radical (unpaired) electrons. The minimum atomic E-state index is -3.28. The second-order valence-corrected chi connectivity index (χ2v) is 7.79. The normalized spacial score (nSPS) is 22.3. The smallest absolute Gasteiger partial charge is 0.235 e. The van der Waals surface area contributed by atoms with E-state index in [9.17, 15) is 8.42 Å². The van der Waals surface area contributed by atoms with Crippen LogP contribution in [0, 0.1) is 5.92 Å². The lowest BCUT2D eigenvalue weighted by Gasteiger charge is -2.31. The Morgan fingerprint density at radius 3 is 2.95 bits per heavy atom. The standard InChI is InChI=1S/C15H22N2O3S/c16-9-12-3-4-15-14(8-12)2-1-6-17(15)21(18,19)11-13-5-7-20-10-13/h3-4,8,13H,1-2,5-7,9-11,16H2. The van der Waals surface area contributed by atoms with E-state index >= 15 is 0 Å². The van der Waals surface area contributed by atoms with Gasteiger partial charge in [-0.05, 0) is 36.5 Å². The molecular formula is C15H22N2O3S. The van der Waals surface area contributed by atoms with E-state index in [1.807, 2.05) is 18.2 Å². The first-order valence-corrected chi connectivity index (χ1v) is 9.11. The number of aryl methyl sites for hydroxylation is 1. The second-order valence-electron chi connectivity index (χ2n) is 5.85. The monoisotopic (exact) mass is 310 g/mol. The Labute approximate surface area is 126 Å². The largest absolute Gasteiger partial charge is 0.381 e. The van der Waals surface area contributed by atoms with Crippen LogP contribution in [-0.2, 0) is 27.7 Å². The third kappa shape index (κ3) is 3.07. The molecule has 0 aliphatic carbocycles. The summed E-state index contributed by atoms with van der Waals surface area (Å²) >= 11 is 0. The van der Waals surface area contributed by atoms with Crippen LogP contribution in [0.25, 0.3) is 0 Å². The first-order chi connectivity index (χ1) is 10.1. The van der Waals surface area contributed by atoms with Gasteiger partial charge in [0.15, 0.2) is 0 Å². The first-order valence-electron chi connectivity index (χ1n) is 7.50. The maximum absolute atomic E-state index is 12.7. The Balaban J connectivity index is 1.86. The van der Waals surface area contributed by atoms with Crippen molar-refractivity contribution in [3.63, 3.8) is 0 Å². The molecule has 1 atom stereocenters. The van der Waals surface area contributed by atoms with Gasteiger partial charge in [-0.25, -0.2) is 8.42 Å². The van der Waals surface area contributed by atoms with E-state index in [0.717, 1.165) is 36.1 Å². The number of fused-ring (bicyclic) bond motifs is 1. The predicted octanol–water partition coefficient (Wildman–Crippen LogP) is 1.26. The molecule has 1 aromatic rings. The molecule has 6 heteroatoms. The lowest BCUT2D eigenvalue weighted by Crippen LogP contribution is -2.39. The molecular weight excluding hydrogens is 288 g/mol. The summed E-state index contributed by atoms with van der Waals surface area (Å²) in [5.74, 6) is 0.314. The number of nitrogens with two attached hydrogens (primary N) is 1. The van der Waals surface area contributed by atoms with Gasteiger partial charge in [0, 0.05) is 25.6 Å². The summed E-state index contributed by atoms with van der Waals surface area (Å²) in [5, 5.41) is 0. The molecule has 1 fully saturated rings. The fourth-order valence-corrected chi connectivity index (χ4v) is 5.06. The van der Waals surface area contributed by atoms with E-state index in [-0.39, 0.29) is 11.7 Å². The summed E-state index contributed by atoms with van der Waals surface area (Å²) in [5.41, 5.74) is 8.64. The van der Waals surface area contributed by atoms with Crippen LogP contribution in [0.4, 0.5) is 5.69 Å². The van der Waals surface area contributed by atoms with Crippen LogP contribution in [-0.4, -0.2) is 33.9 Å². The number of anilines is 1. The molecule has 2 N–H and O–H groups in total. The number of hydrogen-bond acceptors (Lipinski definition) is 4.